The van der Waals surface area contributed by atoms with Gasteiger partial charge in [-0.15, -0.1) is 0 Å². The van der Waals surface area contributed by atoms with E-state index in [1.54, 1.807) is 24.3 Å². The molecule has 7 nitrogen and oxygen atoms in total. The summed E-state index contributed by atoms with van der Waals surface area (Å²) in [5.74, 6) is -2.13. The number of thiocarbonyl (C=S) groups is 1. The van der Waals surface area contributed by atoms with Gasteiger partial charge in [0, 0.05) is 5.56 Å². The van der Waals surface area contributed by atoms with Crippen LogP contribution in [0.15, 0.2) is 29.8 Å². The molecule has 2 rings (SSSR count). The highest BCUT2D eigenvalue weighted by molar-refractivity contribution is 7.80. The van der Waals surface area contributed by atoms with Crippen molar-refractivity contribution in [3.63, 3.8) is 0 Å². The van der Waals surface area contributed by atoms with E-state index in [0.29, 0.717) is 5.56 Å². The second-order valence-corrected chi connectivity index (χ2v) is 4.84. The molecule has 1 heterocycles. The number of ether oxygens (including phenoxy) is 1. The Morgan fingerprint density at radius 1 is 1.27 bits per heavy atom. The highest BCUT2D eigenvalue weighted by atomic mass is 32.1. The third kappa shape index (κ3) is 3.47. The van der Waals surface area contributed by atoms with Crippen LogP contribution in [0.2, 0.25) is 0 Å². The molecule has 114 valence electrons. The number of carbonyl (C=O) groups excluding carboxylic acids is 2. The van der Waals surface area contributed by atoms with Crippen LogP contribution in [-0.4, -0.2) is 34.1 Å². The third-order valence-electron chi connectivity index (χ3n) is 2.81. The molecule has 1 aromatic carbocycles. The molecule has 0 saturated carbocycles. The molecule has 0 unspecified atom stereocenters. The Bertz CT molecular complexity index is 676. The largest absolute Gasteiger partial charge is 0.479 e. The van der Waals surface area contributed by atoms with Crippen molar-refractivity contribution in [1.82, 2.24) is 10.6 Å². The normalized spacial score (nSPS) is 15.7. The number of aliphatic carboxylic acids is 1. The lowest BCUT2D eigenvalue weighted by Crippen LogP contribution is -2.51. The fraction of sp³-hybridized carbons (Fsp3) is 0.143. The molecule has 3 N–H and O–H groups in total. The van der Waals surface area contributed by atoms with E-state index in [0.717, 1.165) is 0 Å². The molecule has 1 aliphatic heterocycles. The van der Waals surface area contributed by atoms with Crippen molar-refractivity contribution in [1.29, 1.82) is 0 Å². The topological polar surface area (TPSA) is 105 Å². The Balaban J connectivity index is 2.35. The van der Waals surface area contributed by atoms with Crippen LogP contribution in [0.4, 0.5) is 0 Å². The summed E-state index contributed by atoms with van der Waals surface area (Å²) in [6.45, 7) is 1.38. The fourth-order valence-corrected chi connectivity index (χ4v) is 1.90. The number of nitrogens with one attached hydrogen (secondary N) is 2. The quantitative estimate of drug-likeness (QED) is 0.423. The standard InChI is InChI=1S/C14H12N2O5S/c1-7(13(19)20)21-10-5-3-2-4-8(10)6-9-11(17)15-14(22)16-12(9)18/h2-7H,1H3,(H,19,20)(H2,15,16,17,18,22)/t7-/m1/s1. The minimum absolute atomic E-state index is 0.0591. The van der Waals surface area contributed by atoms with Gasteiger partial charge in [-0.25, -0.2) is 4.79 Å². The first-order valence-electron chi connectivity index (χ1n) is 6.25. The van der Waals surface area contributed by atoms with Gasteiger partial charge in [0.15, 0.2) is 11.2 Å². The molecule has 0 spiro atoms. The number of amides is 2. The van der Waals surface area contributed by atoms with Gasteiger partial charge in [0.05, 0.1) is 0 Å². The molecule has 1 atom stereocenters. The number of carbonyl (C=O) groups is 3. The van der Waals surface area contributed by atoms with Gasteiger partial charge < -0.3 is 9.84 Å². The molecule has 22 heavy (non-hydrogen) atoms. The fourth-order valence-electron chi connectivity index (χ4n) is 1.71. The predicted octanol–water partition coefficient (Wildman–Crippen LogP) is 0.453. The summed E-state index contributed by atoms with van der Waals surface area (Å²) < 4.78 is 5.31. The molecular weight excluding hydrogens is 308 g/mol. The van der Waals surface area contributed by atoms with Gasteiger partial charge in [0.2, 0.25) is 0 Å². The summed E-state index contributed by atoms with van der Waals surface area (Å²) in [7, 11) is 0. The first kappa shape index (κ1) is 15.6. The zero-order valence-corrected chi connectivity index (χ0v) is 12.3. The first-order valence-corrected chi connectivity index (χ1v) is 6.66. The Morgan fingerprint density at radius 2 is 1.86 bits per heavy atom. The van der Waals surface area contributed by atoms with E-state index in [4.69, 9.17) is 22.1 Å². The van der Waals surface area contributed by atoms with Gasteiger partial charge in [0.1, 0.15) is 11.3 Å². The highest BCUT2D eigenvalue weighted by Gasteiger charge is 2.26. The molecule has 0 aromatic heterocycles. The van der Waals surface area contributed by atoms with Gasteiger partial charge in [-0.3, -0.25) is 20.2 Å². The van der Waals surface area contributed by atoms with Crippen molar-refractivity contribution >= 4 is 41.2 Å². The number of carboxylic acids is 1. The van der Waals surface area contributed by atoms with Crippen molar-refractivity contribution in [2.45, 2.75) is 13.0 Å². The average molecular weight is 320 g/mol. The van der Waals surface area contributed by atoms with Crippen molar-refractivity contribution in [2.75, 3.05) is 0 Å². The molecular formula is C14H12N2O5S. The molecule has 1 aliphatic rings. The van der Waals surface area contributed by atoms with Crippen LogP contribution < -0.4 is 15.4 Å². The van der Waals surface area contributed by atoms with Crippen LogP contribution in [0.5, 0.6) is 5.75 Å². The van der Waals surface area contributed by atoms with Crippen LogP contribution in [0.3, 0.4) is 0 Å². The number of benzene rings is 1. The van der Waals surface area contributed by atoms with Gasteiger partial charge in [-0.2, -0.15) is 0 Å². The lowest BCUT2D eigenvalue weighted by atomic mass is 10.1. The Morgan fingerprint density at radius 3 is 2.45 bits per heavy atom. The minimum Gasteiger partial charge on any atom is -0.479 e. The van der Waals surface area contributed by atoms with Crippen molar-refractivity contribution in [3.8, 4) is 5.75 Å². The maximum absolute atomic E-state index is 11.8. The van der Waals surface area contributed by atoms with Gasteiger partial charge >= 0.3 is 5.97 Å². The first-order chi connectivity index (χ1) is 10.4. The molecule has 2 amide bonds. The number of para-hydroxylation sites is 1. The van der Waals surface area contributed by atoms with Gasteiger partial charge in [-0.05, 0) is 31.3 Å². The number of hydrogen-bond acceptors (Lipinski definition) is 5. The van der Waals surface area contributed by atoms with Crippen LogP contribution in [0.1, 0.15) is 12.5 Å². The van der Waals surface area contributed by atoms with E-state index in [2.05, 4.69) is 10.6 Å². The van der Waals surface area contributed by atoms with Gasteiger partial charge in [-0.1, -0.05) is 18.2 Å². The van der Waals surface area contributed by atoms with Crippen LogP contribution in [-0.2, 0) is 14.4 Å². The second kappa shape index (κ2) is 6.35. The molecule has 0 aliphatic carbocycles. The van der Waals surface area contributed by atoms with Crippen LogP contribution in [0.25, 0.3) is 6.08 Å². The summed E-state index contributed by atoms with van der Waals surface area (Å²) in [5.41, 5.74) is 0.261. The van der Waals surface area contributed by atoms with Crippen LogP contribution in [0, 0.1) is 0 Å². The Labute approximate surface area is 131 Å². The van der Waals surface area contributed by atoms with E-state index in [1.807, 2.05) is 0 Å². The van der Waals surface area contributed by atoms with Crippen molar-refractivity contribution in [3.05, 3.63) is 35.4 Å². The maximum Gasteiger partial charge on any atom is 0.344 e. The number of hydrogen-bond donors (Lipinski definition) is 3. The second-order valence-electron chi connectivity index (χ2n) is 4.43. The van der Waals surface area contributed by atoms with E-state index < -0.39 is 23.9 Å². The van der Waals surface area contributed by atoms with E-state index in [-0.39, 0.29) is 16.4 Å². The summed E-state index contributed by atoms with van der Waals surface area (Å²) >= 11 is 4.71. The lowest BCUT2D eigenvalue weighted by Gasteiger charge is -2.17. The maximum atomic E-state index is 11.8. The van der Waals surface area contributed by atoms with E-state index >= 15 is 0 Å². The Kier molecular flexibility index (Phi) is 4.52. The van der Waals surface area contributed by atoms with Gasteiger partial charge in [0.25, 0.3) is 11.8 Å². The molecule has 1 saturated heterocycles. The molecule has 0 radical (unpaired) electrons. The molecule has 1 aromatic rings. The zero-order valence-electron chi connectivity index (χ0n) is 11.5. The summed E-state index contributed by atoms with van der Waals surface area (Å²) in [4.78, 5) is 34.5. The summed E-state index contributed by atoms with van der Waals surface area (Å²) in [5, 5.41) is 13.5. The lowest BCUT2D eigenvalue weighted by molar-refractivity contribution is -0.144. The monoisotopic (exact) mass is 320 g/mol. The van der Waals surface area contributed by atoms with Crippen molar-refractivity contribution in [2.24, 2.45) is 0 Å². The molecule has 1 fully saturated rings. The SMILES string of the molecule is C[C@@H](Oc1ccccc1C=C1C(=O)NC(=S)NC1=O)C(=O)O. The summed E-state index contributed by atoms with van der Waals surface area (Å²) in [6.07, 6.45) is 0.247. The Hall–Kier alpha value is -2.74. The molecule has 8 heteroatoms. The third-order valence-corrected chi connectivity index (χ3v) is 3.02. The minimum atomic E-state index is -1.12. The van der Waals surface area contributed by atoms with Crippen LogP contribution >= 0.6 is 12.2 Å². The van der Waals surface area contributed by atoms with E-state index in [9.17, 15) is 14.4 Å². The van der Waals surface area contributed by atoms with E-state index in [1.165, 1.54) is 13.0 Å². The average Bonchev–Trinajstić information content (AvgIpc) is 2.44. The smallest absolute Gasteiger partial charge is 0.344 e. The molecule has 0 bridgehead atoms. The number of carboxylic acid groups (broad SMARTS) is 1. The highest BCUT2D eigenvalue weighted by Crippen LogP contribution is 2.23. The zero-order chi connectivity index (χ0) is 16.3. The van der Waals surface area contributed by atoms with Crippen molar-refractivity contribution < 1.29 is 24.2 Å². The summed E-state index contributed by atoms with van der Waals surface area (Å²) in [6, 6.07) is 6.48. The predicted molar refractivity (Wildman–Crippen MR) is 81.0 cm³/mol. The number of rotatable bonds is 4.